The SMILES string of the molecule is CC(C)(C)[S@@+]([O-])N[C@@H](CCS(C)(=O)=O)C(F)(F)F. The summed E-state index contributed by atoms with van der Waals surface area (Å²) in [6.07, 6.45) is -4.42. The van der Waals surface area contributed by atoms with E-state index in [4.69, 9.17) is 0 Å². The molecule has 0 aromatic heterocycles. The maximum atomic E-state index is 12.7. The Morgan fingerprint density at radius 3 is 2.00 bits per heavy atom. The fourth-order valence-corrected chi connectivity index (χ4v) is 2.45. The summed E-state index contributed by atoms with van der Waals surface area (Å²) in [4.78, 5) is 0. The van der Waals surface area contributed by atoms with Gasteiger partial charge in [0.15, 0.2) is 0 Å². The monoisotopic (exact) mass is 309 g/mol. The van der Waals surface area contributed by atoms with E-state index < -0.39 is 50.3 Å². The van der Waals surface area contributed by atoms with Crippen LogP contribution < -0.4 is 4.72 Å². The Bertz CT molecular complexity index is 362. The van der Waals surface area contributed by atoms with Crippen LogP contribution in [0.4, 0.5) is 13.2 Å². The molecular formula is C9H18F3NO3S2. The second kappa shape index (κ2) is 5.98. The zero-order valence-electron chi connectivity index (χ0n) is 10.7. The van der Waals surface area contributed by atoms with Crippen molar-refractivity contribution < 1.29 is 26.1 Å². The molecule has 2 atom stereocenters. The fraction of sp³-hybridized carbons (Fsp3) is 1.00. The Morgan fingerprint density at radius 2 is 1.72 bits per heavy atom. The Hall–Kier alpha value is 0.01000. The smallest absolute Gasteiger partial charge is 0.408 e. The summed E-state index contributed by atoms with van der Waals surface area (Å²) in [6, 6.07) is -2.09. The van der Waals surface area contributed by atoms with E-state index in [1.54, 1.807) is 0 Å². The molecule has 0 aliphatic heterocycles. The van der Waals surface area contributed by atoms with Crippen molar-refractivity contribution in [2.75, 3.05) is 12.0 Å². The molecule has 0 fully saturated rings. The molecule has 1 N–H and O–H groups in total. The second-order valence-electron chi connectivity index (χ2n) is 5.01. The van der Waals surface area contributed by atoms with Gasteiger partial charge in [-0.3, -0.25) is 0 Å². The normalized spacial score (nSPS) is 17.6. The summed E-state index contributed by atoms with van der Waals surface area (Å²) in [7, 11) is -3.49. The van der Waals surface area contributed by atoms with E-state index in [1.807, 2.05) is 4.72 Å². The summed E-state index contributed by atoms with van der Waals surface area (Å²) >= 11 is -1.91. The quantitative estimate of drug-likeness (QED) is 0.780. The van der Waals surface area contributed by atoms with Crippen molar-refractivity contribution in [1.29, 1.82) is 0 Å². The van der Waals surface area contributed by atoms with Gasteiger partial charge in [-0.25, -0.2) is 8.42 Å². The van der Waals surface area contributed by atoms with Crippen molar-refractivity contribution in [3.05, 3.63) is 0 Å². The molecule has 110 valence electrons. The average molecular weight is 309 g/mol. The van der Waals surface area contributed by atoms with Crippen molar-refractivity contribution in [3.8, 4) is 0 Å². The van der Waals surface area contributed by atoms with Gasteiger partial charge in [0.05, 0.1) is 5.75 Å². The lowest BCUT2D eigenvalue weighted by Crippen LogP contribution is -2.51. The van der Waals surface area contributed by atoms with E-state index >= 15 is 0 Å². The number of halogens is 3. The molecule has 0 unspecified atom stereocenters. The Balaban J connectivity index is 4.73. The molecule has 0 aromatic rings. The third-order valence-electron chi connectivity index (χ3n) is 1.98. The largest absolute Gasteiger partial charge is 0.598 e. The molecule has 0 aliphatic rings. The van der Waals surface area contributed by atoms with E-state index in [0.717, 1.165) is 6.26 Å². The van der Waals surface area contributed by atoms with Crippen LogP contribution in [0.3, 0.4) is 0 Å². The number of alkyl halides is 3. The molecule has 18 heavy (non-hydrogen) atoms. The van der Waals surface area contributed by atoms with Crippen LogP contribution >= 0.6 is 0 Å². The minimum Gasteiger partial charge on any atom is -0.598 e. The third kappa shape index (κ3) is 7.45. The molecule has 9 heteroatoms. The molecule has 4 nitrogen and oxygen atoms in total. The van der Waals surface area contributed by atoms with E-state index in [1.165, 1.54) is 20.8 Å². The highest BCUT2D eigenvalue weighted by Crippen LogP contribution is 2.25. The lowest BCUT2D eigenvalue weighted by atomic mass is 10.2. The maximum Gasteiger partial charge on any atom is 0.408 e. The summed E-state index contributed by atoms with van der Waals surface area (Å²) in [5.74, 6) is -0.606. The van der Waals surface area contributed by atoms with Crippen molar-refractivity contribution in [2.45, 2.75) is 44.2 Å². The minimum atomic E-state index is -4.63. The van der Waals surface area contributed by atoms with Crippen LogP contribution in [0.25, 0.3) is 0 Å². The topological polar surface area (TPSA) is 69.2 Å². The third-order valence-corrected chi connectivity index (χ3v) is 4.57. The van der Waals surface area contributed by atoms with Crippen molar-refractivity contribution >= 4 is 21.2 Å². The van der Waals surface area contributed by atoms with Crippen LogP contribution in [-0.4, -0.2) is 41.9 Å². The zero-order chi connectivity index (χ0) is 14.8. The molecule has 0 radical (unpaired) electrons. The van der Waals surface area contributed by atoms with Gasteiger partial charge in [-0.05, 0) is 27.2 Å². The fourth-order valence-electron chi connectivity index (χ4n) is 0.927. The van der Waals surface area contributed by atoms with Crippen LogP contribution in [-0.2, 0) is 21.2 Å². The first-order valence-electron chi connectivity index (χ1n) is 5.16. The molecule has 0 rings (SSSR count). The molecule has 0 heterocycles. The van der Waals surface area contributed by atoms with Gasteiger partial charge in [-0.1, -0.05) is 0 Å². The molecule has 0 saturated heterocycles. The first kappa shape index (κ1) is 18.0. The predicted octanol–water partition coefficient (Wildman–Crippen LogP) is 1.40. The van der Waals surface area contributed by atoms with Crippen molar-refractivity contribution in [3.63, 3.8) is 0 Å². The maximum absolute atomic E-state index is 12.7. The van der Waals surface area contributed by atoms with Gasteiger partial charge in [0.25, 0.3) is 0 Å². The van der Waals surface area contributed by atoms with Crippen LogP contribution in [0.1, 0.15) is 27.2 Å². The first-order valence-corrected chi connectivity index (χ1v) is 8.37. The van der Waals surface area contributed by atoms with Gasteiger partial charge < -0.3 is 4.55 Å². The van der Waals surface area contributed by atoms with Gasteiger partial charge in [-0.15, -0.1) is 4.72 Å². The van der Waals surface area contributed by atoms with Crippen LogP contribution in [0.2, 0.25) is 0 Å². The number of hydrogen-bond donors (Lipinski definition) is 1. The predicted molar refractivity (Wildman–Crippen MR) is 65.2 cm³/mol. The Kier molecular flexibility index (Phi) is 5.98. The molecular weight excluding hydrogens is 291 g/mol. The molecule has 0 saturated carbocycles. The number of hydrogen-bond acceptors (Lipinski definition) is 4. The van der Waals surface area contributed by atoms with E-state index in [-0.39, 0.29) is 0 Å². The van der Waals surface area contributed by atoms with Gasteiger partial charge in [0, 0.05) is 17.6 Å². The Labute approximate surface area is 109 Å². The lowest BCUT2D eigenvalue weighted by molar-refractivity contribution is -0.151. The standard InChI is InChI=1S/C9H18F3NO3S2/c1-8(2,3)17(14)13-7(9(10,11)12)5-6-18(4,15)16/h7,13H,5-6H2,1-4H3/t7-,17+/m0/s1. The molecule has 0 aliphatic carbocycles. The molecule has 0 amide bonds. The summed E-state index contributed by atoms with van der Waals surface area (Å²) in [6.45, 7) is 4.58. The molecule has 0 spiro atoms. The number of sulfone groups is 1. The summed E-state index contributed by atoms with van der Waals surface area (Å²) in [5.41, 5.74) is 0. The highest BCUT2D eigenvalue weighted by molar-refractivity contribution is 7.91. The number of rotatable bonds is 5. The van der Waals surface area contributed by atoms with Gasteiger partial charge >= 0.3 is 6.18 Å². The summed E-state index contributed by atoms with van der Waals surface area (Å²) in [5, 5.41) is 0. The minimum absolute atomic E-state index is 0.606. The van der Waals surface area contributed by atoms with E-state index in [0.29, 0.717) is 0 Å². The Morgan fingerprint density at radius 1 is 1.28 bits per heavy atom. The first-order chi connectivity index (χ1) is 7.73. The van der Waals surface area contributed by atoms with Crippen molar-refractivity contribution in [2.24, 2.45) is 0 Å². The van der Waals surface area contributed by atoms with Crippen LogP contribution in [0.5, 0.6) is 0 Å². The molecule has 0 bridgehead atoms. The molecule has 0 aromatic carbocycles. The van der Waals surface area contributed by atoms with Crippen LogP contribution in [0, 0.1) is 0 Å². The summed E-state index contributed by atoms with van der Waals surface area (Å²) < 4.78 is 72.4. The highest BCUT2D eigenvalue weighted by atomic mass is 32.2. The van der Waals surface area contributed by atoms with Crippen LogP contribution in [0.15, 0.2) is 0 Å². The zero-order valence-corrected chi connectivity index (χ0v) is 12.3. The van der Waals surface area contributed by atoms with Crippen molar-refractivity contribution in [1.82, 2.24) is 4.72 Å². The second-order valence-corrected chi connectivity index (χ2v) is 9.27. The van der Waals surface area contributed by atoms with Gasteiger partial charge in [0.2, 0.25) is 0 Å². The van der Waals surface area contributed by atoms with Gasteiger partial charge in [0.1, 0.15) is 20.6 Å². The average Bonchev–Trinajstić information content (AvgIpc) is 2.06. The highest BCUT2D eigenvalue weighted by Gasteiger charge is 2.44. The lowest BCUT2D eigenvalue weighted by Gasteiger charge is -2.28. The number of nitrogens with one attached hydrogen (secondary N) is 1. The van der Waals surface area contributed by atoms with E-state index in [2.05, 4.69) is 0 Å². The van der Waals surface area contributed by atoms with Gasteiger partial charge in [-0.2, -0.15) is 13.2 Å². The van der Waals surface area contributed by atoms with E-state index in [9.17, 15) is 26.1 Å².